The summed E-state index contributed by atoms with van der Waals surface area (Å²) in [4.78, 5) is 0. The molecule has 116 valence electrons. The van der Waals surface area contributed by atoms with Gasteiger partial charge in [0.2, 0.25) is 0 Å². The third kappa shape index (κ3) is 2.78. The van der Waals surface area contributed by atoms with Gasteiger partial charge in [-0.2, -0.15) is 0 Å². The maximum atomic E-state index is 5.41. The normalized spacial score (nSPS) is 41.9. The number of hydrogen-bond acceptors (Lipinski definition) is 2. The van der Waals surface area contributed by atoms with E-state index in [2.05, 4.69) is 19.2 Å². The molecule has 0 spiro atoms. The van der Waals surface area contributed by atoms with E-state index in [0.717, 1.165) is 24.4 Å². The van der Waals surface area contributed by atoms with Crippen LogP contribution in [0.1, 0.15) is 65.2 Å². The van der Waals surface area contributed by atoms with Crippen molar-refractivity contribution in [2.45, 2.75) is 77.3 Å². The minimum Gasteiger partial charge on any atom is -0.383 e. The monoisotopic (exact) mass is 279 g/mol. The van der Waals surface area contributed by atoms with Gasteiger partial charge in [0.1, 0.15) is 0 Å². The molecule has 2 unspecified atom stereocenters. The molecule has 1 N–H and O–H groups in total. The van der Waals surface area contributed by atoms with Gasteiger partial charge in [-0.05, 0) is 75.0 Å². The van der Waals surface area contributed by atoms with Gasteiger partial charge in [0.15, 0.2) is 0 Å². The highest BCUT2D eigenvalue weighted by Gasteiger charge is 2.53. The van der Waals surface area contributed by atoms with E-state index in [0.29, 0.717) is 17.5 Å². The van der Waals surface area contributed by atoms with Crippen molar-refractivity contribution in [3.63, 3.8) is 0 Å². The summed E-state index contributed by atoms with van der Waals surface area (Å²) in [7, 11) is 1.83. The van der Waals surface area contributed by atoms with Crippen LogP contribution in [0.15, 0.2) is 0 Å². The molecule has 0 aromatic heterocycles. The van der Waals surface area contributed by atoms with Crippen molar-refractivity contribution >= 4 is 0 Å². The fraction of sp³-hybridized carbons (Fsp3) is 1.00. The first-order valence-electron chi connectivity index (χ1n) is 8.90. The Balaban J connectivity index is 1.65. The third-order valence-electron chi connectivity index (χ3n) is 6.49. The molecule has 0 heterocycles. The molecule has 4 aliphatic carbocycles. The van der Waals surface area contributed by atoms with E-state index in [1.165, 1.54) is 32.1 Å². The van der Waals surface area contributed by atoms with Gasteiger partial charge in [-0.15, -0.1) is 0 Å². The maximum absolute atomic E-state index is 5.41. The molecule has 2 atom stereocenters. The molecule has 2 nitrogen and oxygen atoms in total. The van der Waals surface area contributed by atoms with Gasteiger partial charge in [-0.3, -0.25) is 0 Å². The zero-order valence-electron chi connectivity index (χ0n) is 13.7. The van der Waals surface area contributed by atoms with E-state index in [1.807, 2.05) is 7.11 Å². The summed E-state index contributed by atoms with van der Waals surface area (Å²) >= 11 is 0. The molecule has 0 amide bonds. The minimum absolute atomic E-state index is 0.549. The van der Waals surface area contributed by atoms with Crippen LogP contribution in [0.3, 0.4) is 0 Å². The second-order valence-electron chi connectivity index (χ2n) is 8.11. The predicted octanol–water partition coefficient (Wildman–Crippen LogP) is 4.00. The molecule has 4 bridgehead atoms. The molecular weight excluding hydrogens is 246 g/mol. The molecule has 0 aliphatic heterocycles. The van der Waals surface area contributed by atoms with Crippen molar-refractivity contribution in [2.75, 3.05) is 13.7 Å². The van der Waals surface area contributed by atoms with Crippen LogP contribution in [0.25, 0.3) is 0 Å². The molecule has 0 aromatic carbocycles. The van der Waals surface area contributed by atoms with Gasteiger partial charge < -0.3 is 10.1 Å². The van der Waals surface area contributed by atoms with E-state index < -0.39 is 0 Å². The molecule has 4 aliphatic rings. The van der Waals surface area contributed by atoms with Crippen molar-refractivity contribution in [3.05, 3.63) is 0 Å². The van der Waals surface area contributed by atoms with E-state index >= 15 is 0 Å². The summed E-state index contributed by atoms with van der Waals surface area (Å²) < 4.78 is 5.41. The Morgan fingerprint density at radius 1 is 1.10 bits per heavy atom. The van der Waals surface area contributed by atoms with Crippen LogP contribution in [-0.2, 0) is 4.74 Å². The average molecular weight is 279 g/mol. The SMILES string of the molecule is CCCC(COC)NC(C)C12CC3CC(CC(C3)C1)C2. The Hall–Kier alpha value is -0.0800. The first-order chi connectivity index (χ1) is 9.65. The van der Waals surface area contributed by atoms with Crippen molar-refractivity contribution in [3.8, 4) is 0 Å². The molecule has 0 saturated heterocycles. The summed E-state index contributed by atoms with van der Waals surface area (Å²) in [6.45, 7) is 5.61. The van der Waals surface area contributed by atoms with E-state index in [-0.39, 0.29) is 0 Å². The topological polar surface area (TPSA) is 21.3 Å². The second kappa shape index (κ2) is 5.96. The highest BCUT2D eigenvalue weighted by atomic mass is 16.5. The number of nitrogens with one attached hydrogen (secondary N) is 1. The first kappa shape index (κ1) is 14.8. The molecular formula is C18H33NO. The van der Waals surface area contributed by atoms with Crippen molar-refractivity contribution < 1.29 is 4.74 Å². The number of methoxy groups -OCH3 is 1. The largest absolute Gasteiger partial charge is 0.383 e. The maximum Gasteiger partial charge on any atom is 0.0615 e. The van der Waals surface area contributed by atoms with Crippen LogP contribution in [-0.4, -0.2) is 25.8 Å². The zero-order valence-corrected chi connectivity index (χ0v) is 13.7. The fourth-order valence-electron chi connectivity index (χ4n) is 6.00. The standard InChI is InChI=1S/C18H33NO/c1-4-5-17(12-20-3)19-13(2)18-9-14-6-15(10-18)8-16(7-14)11-18/h13-17,19H,4-12H2,1-3H3. The van der Waals surface area contributed by atoms with Crippen molar-refractivity contribution in [2.24, 2.45) is 23.2 Å². The minimum atomic E-state index is 0.549. The first-order valence-corrected chi connectivity index (χ1v) is 8.90. The smallest absolute Gasteiger partial charge is 0.0615 e. The molecule has 0 radical (unpaired) electrons. The van der Waals surface area contributed by atoms with Gasteiger partial charge >= 0.3 is 0 Å². The molecule has 2 heteroatoms. The Morgan fingerprint density at radius 2 is 1.65 bits per heavy atom. The Kier molecular flexibility index (Phi) is 4.42. The number of hydrogen-bond donors (Lipinski definition) is 1. The van der Waals surface area contributed by atoms with Gasteiger partial charge in [-0.25, -0.2) is 0 Å². The molecule has 4 saturated carbocycles. The lowest BCUT2D eigenvalue weighted by Gasteiger charge is -2.59. The van der Waals surface area contributed by atoms with Gasteiger partial charge in [0, 0.05) is 19.2 Å². The molecule has 4 rings (SSSR count). The lowest BCUT2D eigenvalue weighted by Crippen LogP contribution is -2.57. The zero-order chi connectivity index (χ0) is 14.2. The van der Waals surface area contributed by atoms with Crippen LogP contribution in [0.2, 0.25) is 0 Å². The van der Waals surface area contributed by atoms with Gasteiger partial charge in [-0.1, -0.05) is 13.3 Å². The Bertz CT molecular complexity index is 286. The molecule has 20 heavy (non-hydrogen) atoms. The van der Waals surface area contributed by atoms with Crippen LogP contribution in [0.4, 0.5) is 0 Å². The molecule has 4 fully saturated rings. The Labute approximate surface area is 125 Å². The van der Waals surface area contributed by atoms with Crippen LogP contribution in [0.5, 0.6) is 0 Å². The summed E-state index contributed by atoms with van der Waals surface area (Å²) in [5, 5.41) is 3.95. The quantitative estimate of drug-likeness (QED) is 0.760. The lowest BCUT2D eigenvalue weighted by molar-refractivity contribution is -0.0734. The average Bonchev–Trinajstić information content (AvgIpc) is 2.37. The van der Waals surface area contributed by atoms with Crippen LogP contribution < -0.4 is 5.32 Å². The summed E-state index contributed by atoms with van der Waals surface area (Å²) in [5.41, 5.74) is 0.620. The highest BCUT2D eigenvalue weighted by molar-refractivity contribution is 5.05. The van der Waals surface area contributed by atoms with Gasteiger partial charge in [0.05, 0.1) is 6.61 Å². The van der Waals surface area contributed by atoms with Crippen LogP contribution >= 0.6 is 0 Å². The predicted molar refractivity (Wildman–Crippen MR) is 83.8 cm³/mol. The highest BCUT2D eigenvalue weighted by Crippen LogP contribution is 2.61. The second-order valence-corrected chi connectivity index (χ2v) is 8.11. The van der Waals surface area contributed by atoms with E-state index in [1.54, 1.807) is 19.3 Å². The van der Waals surface area contributed by atoms with Crippen molar-refractivity contribution in [1.82, 2.24) is 5.32 Å². The van der Waals surface area contributed by atoms with E-state index in [4.69, 9.17) is 4.74 Å². The summed E-state index contributed by atoms with van der Waals surface area (Å²) in [6, 6.07) is 1.22. The lowest BCUT2D eigenvalue weighted by atomic mass is 9.48. The van der Waals surface area contributed by atoms with Crippen molar-refractivity contribution in [1.29, 1.82) is 0 Å². The van der Waals surface area contributed by atoms with Gasteiger partial charge in [0.25, 0.3) is 0 Å². The number of ether oxygens (including phenoxy) is 1. The summed E-state index contributed by atoms with van der Waals surface area (Å²) in [5.74, 6) is 3.16. The third-order valence-corrected chi connectivity index (χ3v) is 6.49. The van der Waals surface area contributed by atoms with Crippen LogP contribution in [0, 0.1) is 23.2 Å². The van der Waals surface area contributed by atoms with E-state index in [9.17, 15) is 0 Å². The molecule has 0 aromatic rings. The number of rotatable bonds is 7. The summed E-state index contributed by atoms with van der Waals surface area (Å²) in [6.07, 6.45) is 11.6. The fourth-order valence-corrected chi connectivity index (χ4v) is 6.00. The Morgan fingerprint density at radius 3 is 2.10 bits per heavy atom.